The van der Waals surface area contributed by atoms with E-state index in [4.69, 9.17) is 9.47 Å². The molecule has 5 nitrogen and oxygen atoms in total. The van der Waals surface area contributed by atoms with Gasteiger partial charge in [-0.3, -0.25) is 10.00 Å². The highest BCUT2D eigenvalue weighted by Crippen LogP contribution is 2.31. The number of aromatic nitrogens is 2. The molecule has 2 aromatic rings. The van der Waals surface area contributed by atoms with E-state index < -0.39 is 0 Å². The summed E-state index contributed by atoms with van der Waals surface area (Å²) in [4.78, 5) is 2.55. The predicted octanol–water partition coefficient (Wildman–Crippen LogP) is 2.64. The van der Waals surface area contributed by atoms with Crippen molar-refractivity contribution in [2.45, 2.75) is 25.8 Å². The molecule has 0 amide bonds. The normalized spacial score (nSPS) is 21.3. The molecule has 23 heavy (non-hydrogen) atoms. The molecule has 0 unspecified atom stereocenters. The van der Waals surface area contributed by atoms with Crippen molar-refractivity contribution >= 4 is 0 Å². The molecule has 0 aliphatic carbocycles. The summed E-state index contributed by atoms with van der Waals surface area (Å²) in [6.07, 6.45) is 5.50. The molecule has 122 valence electrons. The number of hydrogen-bond acceptors (Lipinski definition) is 4. The number of fused-ring (bicyclic) bond motifs is 1. The second-order valence-corrected chi connectivity index (χ2v) is 6.51. The van der Waals surface area contributed by atoms with Crippen LogP contribution in [0.2, 0.25) is 0 Å². The third-order valence-electron chi connectivity index (χ3n) is 4.68. The first kappa shape index (κ1) is 14.6. The molecule has 0 spiro atoms. The van der Waals surface area contributed by atoms with Crippen molar-refractivity contribution in [3.63, 3.8) is 0 Å². The molecule has 0 saturated carbocycles. The highest BCUT2D eigenvalue weighted by molar-refractivity contribution is 5.43. The van der Waals surface area contributed by atoms with Crippen LogP contribution in [0.15, 0.2) is 30.5 Å². The first-order valence-corrected chi connectivity index (χ1v) is 8.46. The predicted molar refractivity (Wildman–Crippen MR) is 87.7 cm³/mol. The minimum atomic E-state index is 0.645. The second-order valence-electron chi connectivity index (χ2n) is 6.51. The van der Waals surface area contributed by atoms with E-state index in [0.29, 0.717) is 19.1 Å². The number of nitrogens with one attached hydrogen (secondary N) is 1. The number of ether oxygens (including phenoxy) is 2. The molecule has 2 aliphatic heterocycles. The van der Waals surface area contributed by atoms with Crippen molar-refractivity contribution in [1.29, 1.82) is 0 Å². The summed E-state index contributed by atoms with van der Waals surface area (Å²) in [5.41, 5.74) is 2.55. The molecule has 1 atom stereocenters. The third kappa shape index (κ3) is 3.50. The summed E-state index contributed by atoms with van der Waals surface area (Å²) in [5, 5.41) is 7.14. The number of piperidine rings is 1. The molecule has 1 saturated heterocycles. The van der Waals surface area contributed by atoms with Gasteiger partial charge in [-0.25, -0.2) is 0 Å². The van der Waals surface area contributed by atoms with Gasteiger partial charge < -0.3 is 9.47 Å². The molecule has 4 rings (SSSR count). The average Bonchev–Trinajstić information content (AvgIpc) is 3.08. The Labute approximate surface area is 136 Å². The lowest BCUT2D eigenvalue weighted by molar-refractivity contribution is 0.162. The van der Waals surface area contributed by atoms with Gasteiger partial charge in [0.2, 0.25) is 0 Å². The summed E-state index contributed by atoms with van der Waals surface area (Å²) < 4.78 is 11.3. The van der Waals surface area contributed by atoms with Gasteiger partial charge in [0.05, 0.1) is 0 Å². The Kier molecular flexibility index (Phi) is 4.20. The minimum Gasteiger partial charge on any atom is -0.486 e. The zero-order chi connectivity index (χ0) is 15.5. The Balaban J connectivity index is 1.38. The van der Waals surface area contributed by atoms with Gasteiger partial charge >= 0.3 is 0 Å². The van der Waals surface area contributed by atoms with Gasteiger partial charge in [-0.15, -0.1) is 0 Å². The van der Waals surface area contributed by atoms with E-state index in [9.17, 15) is 0 Å². The van der Waals surface area contributed by atoms with Crippen LogP contribution in [-0.4, -0.2) is 41.4 Å². The topological polar surface area (TPSA) is 50.4 Å². The van der Waals surface area contributed by atoms with Crippen molar-refractivity contribution in [3.05, 3.63) is 41.7 Å². The molecular weight excluding hydrogens is 290 g/mol. The Bertz CT molecular complexity index is 642. The fourth-order valence-corrected chi connectivity index (χ4v) is 3.62. The summed E-state index contributed by atoms with van der Waals surface area (Å²) in [6, 6.07) is 8.41. The summed E-state index contributed by atoms with van der Waals surface area (Å²) in [7, 11) is 0. The van der Waals surface area contributed by atoms with Crippen molar-refractivity contribution in [3.8, 4) is 11.5 Å². The fraction of sp³-hybridized carbons (Fsp3) is 0.500. The van der Waals surface area contributed by atoms with Crippen LogP contribution in [0.1, 0.15) is 24.1 Å². The Morgan fingerprint density at radius 3 is 2.96 bits per heavy atom. The van der Waals surface area contributed by atoms with Crippen molar-refractivity contribution in [1.82, 2.24) is 15.1 Å². The van der Waals surface area contributed by atoms with Gasteiger partial charge in [-0.1, -0.05) is 6.07 Å². The Hall–Kier alpha value is -2.01. The van der Waals surface area contributed by atoms with Crippen LogP contribution in [0.4, 0.5) is 0 Å². The monoisotopic (exact) mass is 313 g/mol. The zero-order valence-electron chi connectivity index (χ0n) is 13.3. The Morgan fingerprint density at radius 1 is 1.17 bits per heavy atom. The van der Waals surface area contributed by atoms with E-state index in [1.54, 1.807) is 0 Å². The van der Waals surface area contributed by atoms with E-state index in [2.05, 4.69) is 33.3 Å². The van der Waals surface area contributed by atoms with Gasteiger partial charge in [0.25, 0.3) is 0 Å². The van der Waals surface area contributed by atoms with Crippen LogP contribution in [-0.2, 0) is 13.0 Å². The van der Waals surface area contributed by atoms with Crippen molar-refractivity contribution in [2.24, 2.45) is 5.92 Å². The zero-order valence-corrected chi connectivity index (χ0v) is 13.3. The maximum Gasteiger partial charge on any atom is 0.161 e. The maximum absolute atomic E-state index is 5.69. The maximum atomic E-state index is 5.69. The van der Waals surface area contributed by atoms with Gasteiger partial charge in [0.15, 0.2) is 11.5 Å². The van der Waals surface area contributed by atoms with Gasteiger partial charge in [-0.2, -0.15) is 5.10 Å². The van der Waals surface area contributed by atoms with Crippen molar-refractivity contribution in [2.75, 3.05) is 26.3 Å². The molecular formula is C18H23N3O2. The number of benzene rings is 1. The molecule has 1 aromatic carbocycles. The highest BCUT2D eigenvalue weighted by Gasteiger charge is 2.21. The molecule has 0 bridgehead atoms. The van der Waals surface area contributed by atoms with E-state index in [0.717, 1.165) is 31.0 Å². The van der Waals surface area contributed by atoms with E-state index in [1.807, 2.05) is 12.3 Å². The lowest BCUT2D eigenvalue weighted by Gasteiger charge is -2.32. The number of rotatable bonds is 4. The highest BCUT2D eigenvalue weighted by atomic mass is 16.6. The number of H-pyrrole nitrogens is 1. The molecule has 3 heterocycles. The summed E-state index contributed by atoms with van der Waals surface area (Å²) in [5.74, 6) is 2.47. The lowest BCUT2D eigenvalue weighted by atomic mass is 9.93. The van der Waals surface area contributed by atoms with E-state index in [-0.39, 0.29) is 0 Å². The molecule has 1 fully saturated rings. The first-order chi connectivity index (χ1) is 11.4. The number of hydrogen-bond donors (Lipinski definition) is 1. The summed E-state index contributed by atoms with van der Waals surface area (Å²) in [6.45, 7) is 4.59. The van der Waals surface area contributed by atoms with Gasteiger partial charge in [-0.05, 0) is 55.5 Å². The van der Waals surface area contributed by atoms with Crippen LogP contribution in [0.25, 0.3) is 0 Å². The molecule has 1 aromatic heterocycles. The number of nitrogens with zero attached hydrogens (tertiary/aromatic N) is 2. The van der Waals surface area contributed by atoms with Crippen LogP contribution < -0.4 is 9.47 Å². The fourth-order valence-electron chi connectivity index (χ4n) is 3.62. The molecule has 0 radical (unpaired) electrons. The van der Waals surface area contributed by atoms with E-state index >= 15 is 0 Å². The van der Waals surface area contributed by atoms with Crippen molar-refractivity contribution < 1.29 is 9.47 Å². The van der Waals surface area contributed by atoms with Crippen LogP contribution in [0.3, 0.4) is 0 Å². The van der Waals surface area contributed by atoms with Crippen LogP contribution in [0, 0.1) is 5.92 Å². The Morgan fingerprint density at radius 2 is 2.09 bits per heavy atom. The minimum absolute atomic E-state index is 0.645. The SMILES string of the molecule is c1cc(C[C@@H]2CCCN(Cc3ccc4c(c3)OCCO4)C2)[nH]n1. The smallest absolute Gasteiger partial charge is 0.161 e. The number of aromatic amines is 1. The standard InChI is InChI=1S/C18H23N3O2/c1-2-14(10-16-5-6-19-20-16)12-21(7-1)13-15-3-4-17-18(11-15)23-9-8-22-17/h3-6,11,14H,1-2,7-10,12-13H2,(H,19,20)/t14-/m0/s1. The largest absolute Gasteiger partial charge is 0.486 e. The third-order valence-corrected chi connectivity index (χ3v) is 4.68. The number of likely N-dealkylation sites (tertiary alicyclic amines) is 1. The second kappa shape index (κ2) is 6.62. The average molecular weight is 313 g/mol. The van der Waals surface area contributed by atoms with Crippen LogP contribution in [0.5, 0.6) is 11.5 Å². The van der Waals surface area contributed by atoms with Crippen LogP contribution >= 0.6 is 0 Å². The quantitative estimate of drug-likeness (QED) is 0.943. The lowest BCUT2D eigenvalue weighted by Crippen LogP contribution is -2.35. The first-order valence-electron chi connectivity index (χ1n) is 8.46. The van der Waals surface area contributed by atoms with Gasteiger partial charge in [0.1, 0.15) is 13.2 Å². The van der Waals surface area contributed by atoms with Gasteiger partial charge in [0, 0.05) is 25.0 Å². The molecule has 5 heteroatoms. The molecule has 2 aliphatic rings. The van der Waals surface area contributed by atoms with E-state index in [1.165, 1.54) is 30.6 Å². The molecule has 1 N–H and O–H groups in total. The summed E-state index contributed by atoms with van der Waals surface area (Å²) >= 11 is 0.